The van der Waals surface area contributed by atoms with Crippen molar-refractivity contribution in [2.75, 3.05) is 0 Å². The van der Waals surface area contributed by atoms with Gasteiger partial charge < -0.3 is 9.55 Å². The van der Waals surface area contributed by atoms with E-state index in [1.54, 1.807) is 0 Å². The van der Waals surface area contributed by atoms with Crippen LogP contribution in [-0.4, -0.2) is 9.55 Å². The number of aromatic nitrogens is 2. The molecule has 0 saturated carbocycles. The summed E-state index contributed by atoms with van der Waals surface area (Å²) < 4.78 is 2.38. The molecule has 1 N–H and O–H groups in total. The Balaban J connectivity index is 1.25. The highest BCUT2D eigenvalue weighted by atomic mass is 15.0. The Morgan fingerprint density at radius 3 is 2.07 bits per heavy atom. The first kappa shape index (κ1) is 22.7. The molecular weight excluding hydrogens is 496 g/mol. The predicted octanol–water partition coefficient (Wildman–Crippen LogP) is 10.4. The van der Waals surface area contributed by atoms with Gasteiger partial charge in [0.05, 0.1) is 16.7 Å². The van der Waals surface area contributed by atoms with Crippen molar-refractivity contribution in [1.29, 1.82) is 0 Å². The zero-order valence-electron chi connectivity index (χ0n) is 23.1. The Hall–Kier alpha value is -5.08. The van der Waals surface area contributed by atoms with Crippen LogP contribution < -0.4 is 0 Å². The zero-order valence-corrected chi connectivity index (χ0v) is 23.1. The third-order valence-electron chi connectivity index (χ3n) is 9.27. The van der Waals surface area contributed by atoms with Gasteiger partial charge in [-0.15, -0.1) is 0 Å². The number of rotatable bonds is 2. The van der Waals surface area contributed by atoms with Gasteiger partial charge in [-0.25, -0.2) is 0 Å². The summed E-state index contributed by atoms with van der Waals surface area (Å²) in [6.45, 7) is 4.77. The second-order valence-electron chi connectivity index (χ2n) is 11.9. The van der Waals surface area contributed by atoms with Gasteiger partial charge in [-0.2, -0.15) is 0 Å². The van der Waals surface area contributed by atoms with Crippen molar-refractivity contribution in [3.8, 4) is 28.1 Å². The van der Waals surface area contributed by atoms with Crippen molar-refractivity contribution < 1.29 is 0 Å². The molecule has 194 valence electrons. The van der Waals surface area contributed by atoms with Crippen LogP contribution in [0.2, 0.25) is 0 Å². The van der Waals surface area contributed by atoms with Gasteiger partial charge in [-0.3, -0.25) is 0 Å². The SMILES string of the molecule is CC1(C)c2c(ccc3ccccc23)-c2[nH]c3ccc(-c4ccc5c(c4)c4ccccc4n5-c4ccccc4)cc3c21. The maximum absolute atomic E-state index is 3.80. The van der Waals surface area contributed by atoms with Crippen LogP contribution >= 0.6 is 0 Å². The fourth-order valence-electron chi connectivity index (χ4n) is 7.51. The Morgan fingerprint density at radius 1 is 0.537 bits per heavy atom. The van der Waals surface area contributed by atoms with Crippen LogP contribution in [0.4, 0.5) is 0 Å². The lowest BCUT2D eigenvalue weighted by Crippen LogP contribution is -2.15. The lowest BCUT2D eigenvalue weighted by molar-refractivity contribution is 0.672. The highest BCUT2D eigenvalue weighted by molar-refractivity contribution is 6.11. The van der Waals surface area contributed by atoms with Crippen molar-refractivity contribution in [3.05, 3.63) is 139 Å². The largest absolute Gasteiger partial charge is 0.354 e. The number of para-hydroxylation sites is 2. The Morgan fingerprint density at radius 2 is 1.22 bits per heavy atom. The Labute approximate surface area is 238 Å². The maximum Gasteiger partial charge on any atom is 0.0541 e. The summed E-state index contributed by atoms with van der Waals surface area (Å²) in [5, 5.41) is 6.53. The summed E-state index contributed by atoms with van der Waals surface area (Å²) in [4.78, 5) is 3.80. The summed E-state index contributed by atoms with van der Waals surface area (Å²) in [6, 6.07) is 46.6. The van der Waals surface area contributed by atoms with Crippen LogP contribution in [0.15, 0.2) is 127 Å². The number of aromatic amines is 1. The van der Waals surface area contributed by atoms with Gasteiger partial charge in [-0.1, -0.05) is 98.8 Å². The van der Waals surface area contributed by atoms with Crippen molar-refractivity contribution in [1.82, 2.24) is 9.55 Å². The van der Waals surface area contributed by atoms with Gasteiger partial charge in [0.25, 0.3) is 0 Å². The van der Waals surface area contributed by atoms with Gasteiger partial charge >= 0.3 is 0 Å². The second-order valence-corrected chi connectivity index (χ2v) is 11.9. The number of nitrogens with zero attached hydrogens (tertiary/aromatic N) is 1. The van der Waals surface area contributed by atoms with E-state index in [4.69, 9.17) is 0 Å². The Bertz CT molecular complexity index is 2330. The molecule has 0 amide bonds. The van der Waals surface area contributed by atoms with E-state index >= 15 is 0 Å². The summed E-state index contributed by atoms with van der Waals surface area (Å²) >= 11 is 0. The van der Waals surface area contributed by atoms with E-state index in [1.807, 2.05) is 0 Å². The highest BCUT2D eigenvalue weighted by Crippen LogP contribution is 2.54. The monoisotopic (exact) mass is 524 g/mol. The van der Waals surface area contributed by atoms with Crippen molar-refractivity contribution in [2.24, 2.45) is 0 Å². The van der Waals surface area contributed by atoms with E-state index in [1.165, 1.54) is 82.7 Å². The molecule has 8 aromatic rings. The molecule has 0 bridgehead atoms. The number of nitrogens with one attached hydrogen (secondary N) is 1. The first-order chi connectivity index (χ1) is 20.1. The van der Waals surface area contributed by atoms with Crippen LogP contribution in [0, 0.1) is 0 Å². The summed E-state index contributed by atoms with van der Waals surface area (Å²) in [7, 11) is 0. The second kappa shape index (κ2) is 7.99. The molecule has 0 aliphatic heterocycles. The molecule has 0 unspecified atom stereocenters. The van der Waals surface area contributed by atoms with E-state index in [9.17, 15) is 0 Å². The van der Waals surface area contributed by atoms with Crippen LogP contribution in [-0.2, 0) is 5.41 Å². The molecule has 6 aromatic carbocycles. The third kappa shape index (κ3) is 3.02. The van der Waals surface area contributed by atoms with E-state index in [0.717, 1.165) is 0 Å². The maximum atomic E-state index is 3.80. The highest BCUT2D eigenvalue weighted by Gasteiger charge is 2.39. The van der Waals surface area contributed by atoms with Crippen LogP contribution in [0.1, 0.15) is 25.0 Å². The fourth-order valence-corrected chi connectivity index (χ4v) is 7.51. The topological polar surface area (TPSA) is 20.7 Å². The van der Waals surface area contributed by atoms with Gasteiger partial charge in [0, 0.05) is 38.3 Å². The van der Waals surface area contributed by atoms with Gasteiger partial charge in [-0.05, 0) is 75.5 Å². The molecule has 1 aliphatic carbocycles. The summed E-state index contributed by atoms with van der Waals surface area (Å²) in [5.41, 5.74) is 12.7. The van der Waals surface area contributed by atoms with Gasteiger partial charge in [0.1, 0.15) is 0 Å². The number of H-pyrrole nitrogens is 1. The molecule has 0 atom stereocenters. The van der Waals surface area contributed by atoms with Gasteiger partial charge in [0.15, 0.2) is 0 Å². The molecule has 41 heavy (non-hydrogen) atoms. The first-order valence-electron chi connectivity index (χ1n) is 14.4. The number of benzene rings is 6. The number of hydrogen-bond donors (Lipinski definition) is 1. The molecule has 0 radical (unpaired) electrons. The lowest BCUT2D eigenvalue weighted by atomic mass is 9.79. The average Bonchev–Trinajstić information content (AvgIpc) is 3.63. The zero-order chi connectivity index (χ0) is 27.3. The minimum Gasteiger partial charge on any atom is -0.354 e. The molecule has 0 saturated heterocycles. The van der Waals surface area contributed by atoms with Crippen LogP contribution in [0.5, 0.6) is 0 Å². The van der Waals surface area contributed by atoms with Crippen LogP contribution in [0.3, 0.4) is 0 Å². The summed E-state index contributed by atoms with van der Waals surface area (Å²) in [5.74, 6) is 0. The molecule has 0 fully saturated rings. The first-order valence-corrected chi connectivity index (χ1v) is 14.4. The van der Waals surface area contributed by atoms with Gasteiger partial charge in [0.2, 0.25) is 0 Å². The molecule has 2 heterocycles. The Kier molecular flexibility index (Phi) is 4.42. The van der Waals surface area contributed by atoms with E-state index in [0.29, 0.717) is 0 Å². The van der Waals surface area contributed by atoms with Crippen molar-refractivity contribution in [3.63, 3.8) is 0 Å². The predicted molar refractivity (Wildman–Crippen MR) is 173 cm³/mol. The minimum atomic E-state index is -0.102. The lowest BCUT2D eigenvalue weighted by Gasteiger charge is -2.23. The molecular formula is C39H28N2. The number of fused-ring (bicyclic) bond motifs is 10. The smallest absolute Gasteiger partial charge is 0.0541 e. The van der Waals surface area contributed by atoms with E-state index < -0.39 is 0 Å². The summed E-state index contributed by atoms with van der Waals surface area (Å²) in [6.07, 6.45) is 0. The van der Waals surface area contributed by atoms with E-state index in [2.05, 4.69) is 151 Å². The molecule has 2 aromatic heterocycles. The molecule has 0 spiro atoms. The van der Waals surface area contributed by atoms with E-state index in [-0.39, 0.29) is 5.41 Å². The standard InChI is InChI=1S/C39H28N2/c1-39(2)36-28-13-7-6-10-24(28)16-19-30(36)38-37(39)32-23-25(17-20-33(32)40-38)26-18-21-35-31(22-26)29-14-8-9-15-34(29)41(35)27-11-4-3-5-12-27/h3-23,40H,1-2H3. The normalized spacial score (nSPS) is 13.8. The van der Waals surface area contributed by atoms with Crippen LogP contribution in [0.25, 0.3) is 71.6 Å². The average molecular weight is 525 g/mol. The molecule has 2 heteroatoms. The van der Waals surface area contributed by atoms with Crippen molar-refractivity contribution in [2.45, 2.75) is 19.3 Å². The third-order valence-corrected chi connectivity index (χ3v) is 9.27. The molecule has 9 rings (SSSR count). The van der Waals surface area contributed by atoms with Crippen molar-refractivity contribution >= 4 is 43.5 Å². The fraction of sp³-hybridized carbons (Fsp3) is 0.0769. The number of hydrogen-bond acceptors (Lipinski definition) is 0. The molecule has 2 nitrogen and oxygen atoms in total. The molecule has 1 aliphatic rings. The minimum absolute atomic E-state index is 0.102. The quantitative estimate of drug-likeness (QED) is 0.232.